The van der Waals surface area contributed by atoms with Crippen LogP contribution < -0.4 is 0 Å². The summed E-state index contributed by atoms with van der Waals surface area (Å²) in [5.41, 5.74) is 10.3. The first-order chi connectivity index (χ1) is 21.3. The summed E-state index contributed by atoms with van der Waals surface area (Å²) in [5, 5.41) is 2.27. The summed E-state index contributed by atoms with van der Waals surface area (Å²) in [4.78, 5) is 18.9. The number of hydrogen-bond acceptors (Lipinski definition) is 4. The molecule has 43 heavy (non-hydrogen) atoms. The topological polar surface area (TPSA) is 56.5 Å². The summed E-state index contributed by atoms with van der Waals surface area (Å²) in [6, 6.07) is 44.0. The lowest BCUT2D eigenvalue weighted by molar-refractivity contribution is 1.06. The van der Waals surface area contributed by atoms with Crippen molar-refractivity contribution in [3.8, 4) is 50.6 Å². The fraction of sp³-hybridized carbons (Fsp3) is 0. The normalized spacial score (nSPS) is 11.3. The van der Waals surface area contributed by atoms with Crippen LogP contribution in [0.1, 0.15) is 0 Å². The molecule has 202 valence electrons. The minimum atomic E-state index is 0.815. The van der Waals surface area contributed by atoms with E-state index in [1.54, 1.807) is 12.4 Å². The highest BCUT2D eigenvalue weighted by Gasteiger charge is 2.15. The molecule has 0 atom stereocenters. The number of pyridine rings is 4. The summed E-state index contributed by atoms with van der Waals surface area (Å²) in [6.07, 6.45) is 7.33. The number of aromatic nitrogens is 5. The van der Waals surface area contributed by atoms with Crippen LogP contribution in [0.2, 0.25) is 0 Å². The Labute approximate surface area is 248 Å². The van der Waals surface area contributed by atoms with E-state index in [2.05, 4.69) is 107 Å². The molecule has 0 fully saturated rings. The van der Waals surface area contributed by atoms with Gasteiger partial charge in [0.2, 0.25) is 0 Å². The van der Waals surface area contributed by atoms with Gasteiger partial charge in [-0.2, -0.15) is 0 Å². The highest BCUT2D eigenvalue weighted by atomic mass is 15.1. The van der Waals surface area contributed by atoms with Gasteiger partial charge in [0.1, 0.15) is 11.5 Å². The van der Waals surface area contributed by atoms with E-state index >= 15 is 0 Å². The summed E-state index contributed by atoms with van der Waals surface area (Å²) in [6.45, 7) is 0. The lowest BCUT2D eigenvalue weighted by Gasteiger charge is -2.12. The van der Waals surface area contributed by atoms with Crippen molar-refractivity contribution < 1.29 is 0 Å². The Morgan fingerprint density at radius 1 is 0.442 bits per heavy atom. The molecule has 5 aromatic heterocycles. The van der Waals surface area contributed by atoms with Crippen molar-refractivity contribution in [3.05, 3.63) is 152 Å². The van der Waals surface area contributed by atoms with Gasteiger partial charge in [-0.1, -0.05) is 72.8 Å². The number of para-hydroxylation sites is 1. The van der Waals surface area contributed by atoms with Crippen molar-refractivity contribution in [1.82, 2.24) is 24.5 Å². The van der Waals surface area contributed by atoms with Gasteiger partial charge < -0.3 is 0 Å². The van der Waals surface area contributed by atoms with Crippen LogP contribution in [0.25, 0.3) is 72.5 Å². The molecule has 0 radical (unpaired) electrons. The third-order valence-electron chi connectivity index (χ3n) is 7.83. The molecule has 0 aliphatic heterocycles. The molecule has 0 unspecified atom stereocenters. The van der Waals surface area contributed by atoms with Crippen LogP contribution in [0.15, 0.2) is 152 Å². The van der Waals surface area contributed by atoms with Gasteiger partial charge in [0.25, 0.3) is 0 Å². The average molecular weight is 552 g/mol. The molecule has 0 N–H and O–H groups in total. The number of rotatable bonds is 5. The van der Waals surface area contributed by atoms with Crippen molar-refractivity contribution in [1.29, 1.82) is 0 Å². The SMILES string of the molecule is c1ccc(-c2ccc(-c3cc(-c4ccncc4)nc(-c4ccc(-n5c6ccccc6c6cccnc65)nc4)c3)cc2)cc1. The molecule has 5 heteroatoms. The fourth-order valence-corrected chi connectivity index (χ4v) is 5.70. The van der Waals surface area contributed by atoms with Crippen LogP contribution >= 0.6 is 0 Å². The van der Waals surface area contributed by atoms with Gasteiger partial charge in [-0.3, -0.25) is 9.55 Å². The molecule has 0 saturated carbocycles. The van der Waals surface area contributed by atoms with E-state index in [0.717, 1.165) is 61.4 Å². The summed E-state index contributed by atoms with van der Waals surface area (Å²) in [7, 11) is 0. The van der Waals surface area contributed by atoms with Crippen LogP contribution in [-0.4, -0.2) is 24.5 Å². The minimum absolute atomic E-state index is 0.815. The number of fused-ring (bicyclic) bond motifs is 3. The van der Waals surface area contributed by atoms with Crippen LogP contribution in [0.3, 0.4) is 0 Å². The lowest BCUT2D eigenvalue weighted by Crippen LogP contribution is -1.99. The zero-order chi connectivity index (χ0) is 28.6. The van der Waals surface area contributed by atoms with Crippen molar-refractivity contribution in [2.45, 2.75) is 0 Å². The van der Waals surface area contributed by atoms with Crippen LogP contribution in [-0.2, 0) is 0 Å². The summed E-state index contributed by atoms with van der Waals surface area (Å²) < 4.78 is 2.12. The van der Waals surface area contributed by atoms with E-state index in [-0.39, 0.29) is 0 Å². The molecule has 8 rings (SSSR count). The van der Waals surface area contributed by atoms with Gasteiger partial charge >= 0.3 is 0 Å². The third kappa shape index (κ3) is 4.53. The molecule has 0 amide bonds. The van der Waals surface area contributed by atoms with Gasteiger partial charge in [0, 0.05) is 46.7 Å². The highest BCUT2D eigenvalue weighted by Crippen LogP contribution is 2.33. The standard InChI is InChI=1S/C38H25N5/c1-2-7-26(8-3-1)27-12-14-28(15-13-27)31-23-34(29-18-21-39-22-19-29)42-35(24-31)30-16-17-37(41-25-30)43-36-11-5-4-9-32(36)33-10-6-20-40-38(33)43/h1-25H. The average Bonchev–Trinajstić information content (AvgIpc) is 3.43. The molecule has 0 saturated heterocycles. The second-order valence-electron chi connectivity index (χ2n) is 10.4. The maximum Gasteiger partial charge on any atom is 0.146 e. The third-order valence-corrected chi connectivity index (χ3v) is 7.83. The van der Waals surface area contributed by atoms with Crippen LogP contribution in [0.5, 0.6) is 0 Å². The quantitative estimate of drug-likeness (QED) is 0.214. The summed E-state index contributed by atoms with van der Waals surface area (Å²) in [5.74, 6) is 0.815. The van der Waals surface area contributed by atoms with Crippen molar-refractivity contribution in [2.75, 3.05) is 0 Å². The molecule has 3 aromatic carbocycles. The monoisotopic (exact) mass is 551 g/mol. The molecule has 0 bridgehead atoms. The number of nitrogens with zero attached hydrogens (tertiary/aromatic N) is 5. The first kappa shape index (κ1) is 24.8. The van der Waals surface area contributed by atoms with Crippen LogP contribution in [0, 0.1) is 0 Å². The fourth-order valence-electron chi connectivity index (χ4n) is 5.70. The first-order valence-corrected chi connectivity index (χ1v) is 14.2. The van der Waals surface area contributed by atoms with Crippen molar-refractivity contribution >= 4 is 21.9 Å². The Hall–Kier alpha value is -5.94. The molecule has 8 aromatic rings. The smallest absolute Gasteiger partial charge is 0.146 e. The van der Waals surface area contributed by atoms with Gasteiger partial charge in [0.15, 0.2) is 0 Å². The van der Waals surface area contributed by atoms with E-state index in [1.165, 1.54) is 11.1 Å². The summed E-state index contributed by atoms with van der Waals surface area (Å²) >= 11 is 0. The second-order valence-corrected chi connectivity index (χ2v) is 10.4. The minimum Gasteiger partial charge on any atom is -0.278 e. The Kier molecular flexibility index (Phi) is 6.05. The van der Waals surface area contributed by atoms with Gasteiger partial charge in [-0.05, 0) is 76.9 Å². The van der Waals surface area contributed by atoms with Crippen LogP contribution in [0.4, 0.5) is 0 Å². The van der Waals surface area contributed by atoms with E-state index < -0.39 is 0 Å². The molecule has 5 nitrogen and oxygen atoms in total. The van der Waals surface area contributed by atoms with Gasteiger partial charge in [-0.15, -0.1) is 0 Å². The predicted octanol–water partition coefficient (Wildman–Crippen LogP) is 9.03. The number of hydrogen-bond donors (Lipinski definition) is 0. The van der Waals surface area contributed by atoms with E-state index in [4.69, 9.17) is 15.0 Å². The van der Waals surface area contributed by atoms with E-state index in [0.29, 0.717) is 0 Å². The van der Waals surface area contributed by atoms with E-state index in [9.17, 15) is 0 Å². The Bertz CT molecular complexity index is 2150. The second kappa shape index (κ2) is 10.5. The maximum absolute atomic E-state index is 5.07. The molecule has 0 spiro atoms. The Morgan fingerprint density at radius 2 is 1.09 bits per heavy atom. The zero-order valence-electron chi connectivity index (χ0n) is 23.2. The molecule has 0 aliphatic carbocycles. The first-order valence-electron chi connectivity index (χ1n) is 14.2. The zero-order valence-corrected chi connectivity index (χ0v) is 23.2. The molecular formula is C38H25N5. The Morgan fingerprint density at radius 3 is 1.86 bits per heavy atom. The van der Waals surface area contributed by atoms with Gasteiger partial charge in [-0.25, -0.2) is 15.0 Å². The predicted molar refractivity (Wildman–Crippen MR) is 174 cm³/mol. The van der Waals surface area contributed by atoms with Gasteiger partial charge in [0.05, 0.1) is 16.9 Å². The highest BCUT2D eigenvalue weighted by molar-refractivity contribution is 6.07. The Balaban J connectivity index is 1.22. The molecular weight excluding hydrogens is 526 g/mol. The van der Waals surface area contributed by atoms with Crippen molar-refractivity contribution in [3.63, 3.8) is 0 Å². The molecule has 0 aliphatic rings. The van der Waals surface area contributed by atoms with E-state index in [1.807, 2.05) is 42.7 Å². The maximum atomic E-state index is 5.07. The van der Waals surface area contributed by atoms with Crippen molar-refractivity contribution in [2.24, 2.45) is 0 Å². The number of benzene rings is 3. The molecule has 5 heterocycles. The largest absolute Gasteiger partial charge is 0.278 e. The lowest BCUT2D eigenvalue weighted by atomic mass is 9.98.